The van der Waals surface area contributed by atoms with Gasteiger partial charge in [0.1, 0.15) is 6.04 Å². The third kappa shape index (κ3) is 3.85. The molecule has 2 heterocycles. The van der Waals surface area contributed by atoms with Gasteiger partial charge in [0.05, 0.1) is 0 Å². The number of hydrogen-bond acceptors (Lipinski definition) is 3. The molecule has 126 valence electrons. The van der Waals surface area contributed by atoms with Gasteiger partial charge in [0.25, 0.3) is 0 Å². The molecule has 0 radical (unpaired) electrons. The van der Waals surface area contributed by atoms with Gasteiger partial charge in [-0.15, -0.1) is 12.4 Å². The molecule has 2 amide bonds. The second-order valence-corrected chi connectivity index (χ2v) is 6.19. The molecule has 2 saturated heterocycles. The lowest BCUT2D eigenvalue weighted by molar-refractivity contribution is -0.147. The average molecular weight is 338 g/mol. The van der Waals surface area contributed by atoms with Crippen LogP contribution in [0.15, 0.2) is 30.3 Å². The van der Waals surface area contributed by atoms with Gasteiger partial charge in [0, 0.05) is 32.1 Å². The van der Waals surface area contributed by atoms with Gasteiger partial charge in [0.2, 0.25) is 11.8 Å². The Morgan fingerprint density at radius 2 is 1.91 bits per heavy atom. The summed E-state index contributed by atoms with van der Waals surface area (Å²) in [4.78, 5) is 28.9. The van der Waals surface area contributed by atoms with E-state index in [-0.39, 0.29) is 30.3 Å². The minimum Gasteiger partial charge on any atom is -0.339 e. The maximum absolute atomic E-state index is 13.0. The predicted octanol–water partition coefficient (Wildman–Crippen LogP) is 1.72. The summed E-state index contributed by atoms with van der Waals surface area (Å²) >= 11 is 0. The number of piperidine rings is 1. The lowest BCUT2D eigenvalue weighted by atomic mass is 10.00. The zero-order valence-electron chi connectivity index (χ0n) is 13.2. The van der Waals surface area contributed by atoms with Gasteiger partial charge in [-0.3, -0.25) is 9.59 Å². The van der Waals surface area contributed by atoms with Crippen LogP contribution in [0.2, 0.25) is 0 Å². The molecule has 2 aliphatic heterocycles. The maximum Gasteiger partial charge on any atom is 0.250 e. The molecule has 0 spiro atoms. The molecular weight excluding hydrogens is 314 g/mol. The smallest absolute Gasteiger partial charge is 0.250 e. The number of likely N-dealkylation sites (tertiary alicyclic amines) is 2. The summed E-state index contributed by atoms with van der Waals surface area (Å²) < 4.78 is 0. The molecule has 0 aromatic heterocycles. The molecule has 3 rings (SSSR count). The van der Waals surface area contributed by atoms with Crippen molar-refractivity contribution in [1.82, 2.24) is 9.80 Å². The summed E-state index contributed by atoms with van der Waals surface area (Å²) in [6.07, 6.45) is 3.25. The number of halogens is 1. The van der Waals surface area contributed by atoms with Crippen LogP contribution in [0, 0.1) is 0 Å². The van der Waals surface area contributed by atoms with Gasteiger partial charge < -0.3 is 15.5 Å². The number of nitrogens with zero attached hydrogens (tertiary/aromatic N) is 2. The van der Waals surface area contributed by atoms with Crippen LogP contribution in [-0.4, -0.2) is 47.3 Å². The van der Waals surface area contributed by atoms with Crippen LogP contribution >= 0.6 is 12.4 Å². The van der Waals surface area contributed by atoms with E-state index in [0.29, 0.717) is 26.1 Å². The van der Waals surface area contributed by atoms with Crippen LogP contribution in [0.4, 0.5) is 0 Å². The van der Waals surface area contributed by atoms with Crippen molar-refractivity contribution in [3.05, 3.63) is 35.9 Å². The van der Waals surface area contributed by atoms with Gasteiger partial charge in [-0.25, -0.2) is 0 Å². The monoisotopic (exact) mass is 337 g/mol. The van der Waals surface area contributed by atoms with Crippen LogP contribution in [0.3, 0.4) is 0 Å². The Hall–Kier alpha value is -1.59. The van der Waals surface area contributed by atoms with Crippen molar-refractivity contribution in [2.75, 3.05) is 19.6 Å². The SMILES string of the molecule is Cl.N[C@@H]1CCN(C(=O)C(c2ccccc2)N2CCCCC2=O)C1. The summed E-state index contributed by atoms with van der Waals surface area (Å²) in [5.41, 5.74) is 6.82. The number of benzene rings is 1. The summed E-state index contributed by atoms with van der Waals surface area (Å²) in [7, 11) is 0. The van der Waals surface area contributed by atoms with E-state index in [0.717, 1.165) is 24.8 Å². The molecule has 0 saturated carbocycles. The lowest BCUT2D eigenvalue weighted by Gasteiger charge is -2.36. The van der Waals surface area contributed by atoms with E-state index in [4.69, 9.17) is 5.73 Å². The second kappa shape index (κ2) is 7.79. The highest BCUT2D eigenvalue weighted by Crippen LogP contribution is 2.28. The Balaban J connectivity index is 0.00000192. The number of carbonyl (C=O) groups excluding carboxylic acids is 2. The van der Waals surface area contributed by atoms with Crippen molar-refractivity contribution in [1.29, 1.82) is 0 Å². The maximum atomic E-state index is 13.0. The van der Waals surface area contributed by atoms with Gasteiger partial charge in [-0.2, -0.15) is 0 Å². The van der Waals surface area contributed by atoms with Crippen LogP contribution in [0.1, 0.15) is 37.3 Å². The van der Waals surface area contributed by atoms with Crippen LogP contribution in [0.5, 0.6) is 0 Å². The third-order valence-corrected chi connectivity index (χ3v) is 4.56. The summed E-state index contributed by atoms with van der Waals surface area (Å²) in [6.45, 7) is 1.93. The minimum absolute atomic E-state index is 0. The number of carbonyl (C=O) groups is 2. The van der Waals surface area contributed by atoms with Gasteiger partial charge in [0.15, 0.2) is 0 Å². The summed E-state index contributed by atoms with van der Waals surface area (Å²) in [6, 6.07) is 9.17. The van der Waals surface area contributed by atoms with Crippen molar-refractivity contribution in [3.63, 3.8) is 0 Å². The zero-order chi connectivity index (χ0) is 15.5. The largest absolute Gasteiger partial charge is 0.339 e. The first-order valence-electron chi connectivity index (χ1n) is 8.05. The normalized spacial score (nSPS) is 22.7. The Bertz CT molecular complexity index is 552. The second-order valence-electron chi connectivity index (χ2n) is 6.19. The summed E-state index contributed by atoms with van der Waals surface area (Å²) in [5.74, 6) is 0.0892. The predicted molar refractivity (Wildman–Crippen MR) is 91.2 cm³/mol. The van der Waals surface area contributed by atoms with E-state index in [2.05, 4.69) is 0 Å². The van der Waals surface area contributed by atoms with Crippen molar-refractivity contribution in [2.45, 2.75) is 37.8 Å². The van der Waals surface area contributed by atoms with Crippen molar-refractivity contribution >= 4 is 24.2 Å². The molecule has 1 aromatic carbocycles. The lowest BCUT2D eigenvalue weighted by Crippen LogP contribution is -2.47. The molecule has 1 unspecified atom stereocenters. The Morgan fingerprint density at radius 1 is 1.17 bits per heavy atom. The zero-order valence-corrected chi connectivity index (χ0v) is 14.0. The minimum atomic E-state index is -0.501. The first-order valence-corrected chi connectivity index (χ1v) is 8.05. The number of nitrogens with two attached hydrogens (primary N) is 1. The fourth-order valence-corrected chi connectivity index (χ4v) is 3.35. The van der Waals surface area contributed by atoms with Gasteiger partial charge >= 0.3 is 0 Å². The van der Waals surface area contributed by atoms with E-state index < -0.39 is 6.04 Å². The van der Waals surface area contributed by atoms with E-state index in [1.54, 1.807) is 4.90 Å². The molecule has 5 nitrogen and oxygen atoms in total. The van der Waals surface area contributed by atoms with Crippen LogP contribution in [0.25, 0.3) is 0 Å². The third-order valence-electron chi connectivity index (χ3n) is 4.56. The molecule has 6 heteroatoms. The van der Waals surface area contributed by atoms with Gasteiger partial charge in [-0.05, 0) is 24.8 Å². The van der Waals surface area contributed by atoms with E-state index in [9.17, 15) is 9.59 Å². The van der Waals surface area contributed by atoms with Crippen molar-refractivity contribution in [2.24, 2.45) is 5.73 Å². The van der Waals surface area contributed by atoms with Crippen molar-refractivity contribution in [3.8, 4) is 0 Å². The first-order chi connectivity index (χ1) is 10.7. The first kappa shape index (κ1) is 17.8. The molecule has 0 bridgehead atoms. The van der Waals surface area contributed by atoms with Crippen LogP contribution < -0.4 is 5.73 Å². The number of amides is 2. The fraction of sp³-hybridized carbons (Fsp3) is 0.529. The topological polar surface area (TPSA) is 66.6 Å². The molecule has 2 fully saturated rings. The highest BCUT2D eigenvalue weighted by atomic mass is 35.5. The molecule has 23 heavy (non-hydrogen) atoms. The van der Waals surface area contributed by atoms with E-state index in [1.807, 2.05) is 35.2 Å². The molecule has 1 aromatic rings. The molecule has 2 atom stereocenters. The average Bonchev–Trinajstić information content (AvgIpc) is 2.97. The quantitative estimate of drug-likeness (QED) is 0.913. The molecule has 2 aliphatic rings. The number of rotatable bonds is 3. The molecular formula is C17H24ClN3O2. The molecule has 0 aliphatic carbocycles. The van der Waals surface area contributed by atoms with E-state index in [1.165, 1.54) is 0 Å². The standard InChI is InChI=1S/C17H23N3O2.ClH/c18-14-9-11-19(12-14)17(22)16(13-6-2-1-3-7-13)20-10-5-4-8-15(20)21;/h1-3,6-7,14,16H,4-5,8-12,18H2;1H/t14-,16?;/m1./s1. The Labute approximate surface area is 143 Å². The highest BCUT2D eigenvalue weighted by Gasteiger charge is 2.37. The molecule has 2 N–H and O–H groups in total. The fourth-order valence-electron chi connectivity index (χ4n) is 3.35. The van der Waals surface area contributed by atoms with Crippen LogP contribution in [-0.2, 0) is 9.59 Å². The summed E-state index contributed by atoms with van der Waals surface area (Å²) in [5, 5.41) is 0. The number of hydrogen-bond donors (Lipinski definition) is 1. The van der Waals surface area contributed by atoms with Crippen molar-refractivity contribution < 1.29 is 9.59 Å². The highest BCUT2D eigenvalue weighted by molar-refractivity contribution is 5.89. The Morgan fingerprint density at radius 3 is 2.52 bits per heavy atom. The van der Waals surface area contributed by atoms with Gasteiger partial charge in [-0.1, -0.05) is 30.3 Å². The van der Waals surface area contributed by atoms with E-state index >= 15 is 0 Å². The Kier molecular flexibility index (Phi) is 6.02.